The van der Waals surface area contributed by atoms with Gasteiger partial charge in [-0.25, -0.2) is 5.01 Å². The summed E-state index contributed by atoms with van der Waals surface area (Å²) in [5, 5.41) is 13.0. The van der Waals surface area contributed by atoms with Crippen molar-refractivity contribution in [3.8, 4) is 0 Å². The Kier molecular flexibility index (Phi) is 3.58. The zero-order valence-electron chi connectivity index (χ0n) is 9.98. The van der Waals surface area contributed by atoms with Crippen molar-refractivity contribution in [2.75, 3.05) is 18.5 Å². The highest BCUT2D eigenvalue weighted by Gasteiger charge is 2.17. The second-order valence-electron chi connectivity index (χ2n) is 4.44. The van der Waals surface area contributed by atoms with Gasteiger partial charge in [-0.05, 0) is 31.4 Å². The van der Waals surface area contributed by atoms with E-state index in [0.717, 1.165) is 31.5 Å². The summed E-state index contributed by atoms with van der Waals surface area (Å²) in [5.41, 5.74) is 4.92. The van der Waals surface area contributed by atoms with Crippen LogP contribution in [0.2, 0.25) is 0 Å². The molecule has 17 heavy (non-hydrogen) atoms. The molecule has 1 aliphatic heterocycles. The summed E-state index contributed by atoms with van der Waals surface area (Å²) in [4.78, 5) is 10.6. The minimum atomic E-state index is -0.342. The molecule has 0 radical (unpaired) electrons. The summed E-state index contributed by atoms with van der Waals surface area (Å²) in [6.07, 6.45) is 3.54. The molecule has 0 atom stereocenters. The van der Waals surface area contributed by atoms with Crippen molar-refractivity contribution in [1.82, 2.24) is 5.01 Å². The summed E-state index contributed by atoms with van der Waals surface area (Å²) in [5.74, 6) is 0. The molecule has 1 N–H and O–H groups in total. The number of rotatable bonds is 3. The van der Waals surface area contributed by atoms with Crippen LogP contribution >= 0.6 is 0 Å². The third-order valence-corrected chi connectivity index (χ3v) is 2.98. The van der Waals surface area contributed by atoms with Crippen LogP contribution in [-0.4, -0.2) is 23.0 Å². The number of benzene rings is 1. The van der Waals surface area contributed by atoms with Gasteiger partial charge in [0.05, 0.1) is 4.92 Å². The van der Waals surface area contributed by atoms with E-state index in [9.17, 15) is 10.1 Å². The molecule has 1 aliphatic rings. The van der Waals surface area contributed by atoms with E-state index in [1.54, 1.807) is 12.1 Å². The van der Waals surface area contributed by atoms with Crippen molar-refractivity contribution in [1.29, 1.82) is 0 Å². The van der Waals surface area contributed by atoms with E-state index < -0.39 is 0 Å². The fourth-order valence-electron chi connectivity index (χ4n) is 2.07. The number of aryl methyl sites for hydroxylation is 1. The molecule has 1 heterocycles. The third kappa shape index (κ3) is 2.94. The van der Waals surface area contributed by atoms with Gasteiger partial charge >= 0.3 is 0 Å². The largest absolute Gasteiger partial charge is 0.313 e. The SMILES string of the molecule is Cc1ccc([N+](=O)[O-])c(NN2CCCCC2)c1. The van der Waals surface area contributed by atoms with Crippen LogP contribution in [-0.2, 0) is 0 Å². The third-order valence-electron chi connectivity index (χ3n) is 2.98. The molecule has 2 rings (SSSR count). The Balaban J connectivity index is 2.17. The van der Waals surface area contributed by atoms with Crippen LogP contribution in [0.5, 0.6) is 0 Å². The first-order valence-electron chi connectivity index (χ1n) is 5.93. The molecule has 0 spiro atoms. The smallest absolute Gasteiger partial charge is 0.293 e. The lowest BCUT2D eigenvalue weighted by Gasteiger charge is -2.27. The molecule has 0 amide bonds. The minimum Gasteiger partial charge on any atom is -0.313 e. The fraction of sp³-hybridized carbons (Fsp3) is 0.500. The predicted molar refractivity (Wildman–Crippen MR) is 66.9 cm³/mol. The Morgan fingerprint density at radius 2 is 2.00 bits per heavy atom. The molecule has 0 aromatic heterocycles. The molecule has 1 aromatic carbocycles. The quantitative estimate of drug-likeness (QED) is 0.646. The fourth-order valence-corrected chi connectivity index (χ4v) is 2.07. The molecule has 1 fully saturated rings. The van der Waals surface area contributed by atoms with E-state index >= 15 is 0 Å². The van der Waals surface area contributed by atoms with E-state index in [1.807, 2.05) is 13.0 Å². The Bertz CT molecular complexity index is 414. The van der Waals surface area contributed by atoms with Crippen molar-refractivity contribution in [2.45, 2.75) is 26.2 Å². The Morgan fingerprint density at radius 1 is 1.29 bits per heavy atom. The van der Waals surface area contributed by atoms with Crippen LogP contribution < -0.4 is 5.43 Å². The Labute approximate surface area is 101 Å². The highest BCUT2D eigenvalue weighted by Crippen LogP contribution is 2.26. The summed E-state index contributed by atoms with van der Waals surface area (Å²) >= 11 is 0. The maximum absolute atomic E-state index is 10.9. The van der Waals surface area contributed by atoms with E-state index in [1.165, 1.54) is 6.42 Å². The number of nitro benzene ring substituents is 1. The van der Waals surface area contributed by atoms with Crippen molar-refractivity contribution in [2.24, 2.45) is 0 Å². The lowest BCUT2D eigenvalue weighted by molar-refractivity contribution is -0.384. The number of hydrazine groups is 1. The van der Waals surface area contributed by atoms with Gasteiger partial charge < -0.3 is 5.43 Å². The van der Waals surface area contributed by atoms with E-state index in [2.05, 4.69) is 10.4 Å². The number of nitro groups is 1. The van der Waals surface area contributed by atoms with Crippen LogP contribution in [0.15, 0.2) is 18.2 Å². The maximum Gasteiger partial charge on any atom is 0.293 e. The second-order valence-corrected chi connectivity index (χ2v) is 4.44. The molecule has 0 saturated carbocycles. The standard InChI is InChI=1S/C12H17N3O2/c1-10-5-6-12(15(16)17)11(9-10)13-14-7-3-2-4-8-14/h5-6,9,13H,2-4,7-8H2,1H3. The molecular weight excluding hydrogens is 218 g/mol. The van der Waals surface area contributed by atoms with Gasteiger partial charge in [0.2, 0.25) is 0 Å². The maximum atomic E-state index is 10.9. The molecule has 5 nitrogen and oxygen atoms in total. The molecular formula is C12H17N3O2. The zero-order valence-corrected chi connectivity index (χ0v) is 9.98. The normalized spacial score (nSPS) is 16.8. The summed E-state index contributed by atoms with van der Waals surface area (Å²) < 4.78 is 0. The van der Waals surface area contributed by atoms with Crippen LogP contribution in [0.4, 0.5) is 11.4 Å². The van der Waals surface area contributed by atoms with Gasteiger partial charge in [0.25, 0.3) is 5.69 Å². The topological polar surface area (TPSA) is 58.4 Å². The Hall–Kier alpha value is -1.62. The molecule has 0 bridgehead atoms. The molecule has 5 heteroatoms. The van der Waals surface area contributed by atoms with Gasteiger partial charge in [-0.2, -0.15) is 0 Å². The van der Waals surface area contributed by atoms with Crippen LogP contribution in [0, 0.1) is 17.0 Å². The van der Waals surface area contributed by atoms with Crippen LogP contribution in [0.25, 0.3) is 0 Å². The van der Waals surface area contributed by atoms with E-state index in [-0.39, 0.29) is 10.6 Å². The first-order valence-corrected chi connectivity index (χ1v) is 5.93. The van der Waals surface area contributed by atoms with Crippen molar-refractivity contribution in [3.05, 3.63) is 33.9 Å². The second kappa shape index (κ2) is 5.14. The number of anilines is 1. The molecule has 0 aliphatic carbocycles. The zero-order chi connectivity index (χ0) is 12.3. The average Bonchev–Trinajstić information content (AvgIpc) is 2.30. The van der Waals surface area contributed by atoms with Crippen LogP contribution in [0.1, 0.15) is 24.8 Å². The van der Waals surface area contributed by atoms with Gasteiger partial charge in [-0.15, -0.1) is 0 Å². The lowest BCUT2D eigenvalue weighted by atomic mass is 10.1. The monoisotopic (exact) mass is 235 g/mol. The van der Waals surface area contributed by atoms with Crippen LogP contribution in [0.3, 0.4) is 0 Å². The predicted octanol–water partition coefficient (Wildman–Crippen LogP) is 2.72. The number of nitrogens with zero attached hydrogens (tertiary/aromatic N) is 2. The molecule has 1 saturated heterocycles. The minimum absolute atomic E-state index is 0.140. The van der Waals surface area contributed by atoms with E-state index in [0.29, 0.717) is 5.69 Å². The van der Waals surface area contributed by atoms with Gasteiger partial charge in [0.1, 0.15) is 5.69 Å². The van der Waals surface area contributed by atoms with Gasteiger partial charge in [0, 0.05) is 19.2 Å². The highest BCUT2D eigenvalue weighted by atomic mass is 16.6. The average molecular weight is 235 g/mol. The van der Waals surface area contributed by atoms with Crippen molar-refractivity contribution in [3.63, 3.8) is 0 Å². The van der Waals surface area contributed by atoms with Gasteiger partial charge in [0.15, 0.2) is 0 Å². The van der Waals surface area contributed by atoms with Crippen molar-refractivity contribution >= 4 is 11.4 Å². The first kappa shape index (κ1) is 11.9. The van der Waals surface area contributed by atoms with E-state index in [4.69, 9.17) is 0 Å². The Morgan fingerprint density at radius 3 is 2.65 bits per heavy atom. The molecule has 0 unspecified atom stereocenters. The van der Waals surface area contributed by atoms with Crippen molar-refractivity contribution < 1.29 is 4.92 Å². The van der Waals surface area contributed by atoms with Gasteiger partial charge in [-0.1, -0.05) is 12.5 Å². The summed E-state index contributed by atoms with van der Waals surface area (Å²) in [6, 6.07) is 5.15. The molecule has 92 valence electrons. The lowest BCUT2D eigenvalue weighted by Crippen LogP contribution is -2.35. The number of nitrogens with one attached hydrogen (secondary N) is 1. The summed E-state index contributed by atoms with van der Waals surface area (Å²) in [7, 11) is 0. The summed E-state index contributed by atoms with van der Waals surface area (Å²) in [6.45, 7) is 3.83. The number of piperidine rings is 1. The molecule has 1 aromatic rings. The van der Waals surface area contributed by atoms with Gasteiger partial charge in [-0.3, -0.25) is 10.1 Å². The first-order chi connectivity index (χ1) is 8.16. The highest BCUT2D eigenvalue weighted by molar-refractivity contribution is 5.62. The number of hydrogen-bond acceptors (Lipinski definition) is 4. The number of hydrogen-bond donors (Lipinski definition) is 1.